The van der Waals surface area contributed by atoms with E-state index in [9.17, 15) is 19.2 Å². The monoisotopic (exact) mass is 358 g/mol. The molecule has 0 aromatic carbocycles. The summed E-state index contributed by atoms with van der Waals surface area (Å²) < 4.78 is 4.91. The molecule has 1 rings (SSSR count). The van der Waals surface area contributed by atoms with Crippen molar-refractivity contribution in [2.75, 3.05) is 13.2 Å². The summed E-state index contributed by atoms with van der Waals surface area (Å²) >= 11 is 1.09. The summed E-state index contributed by atoms with van der Waals surface area (Å²) in [6, 6.07) is -0.863. The van der Waals surface area contributed by atoms with E-state index in [2.05, 4.69) is 11.9 Å². The van der Waals surface area contributed by atoms with Crippen LogP contribution >= 0.6 is 11.8 Å². The summed E-state index contributed by atoms with van der Waals surface area (Å²) in [6.07, 6.45) is 0.0769. The van der Waals surface area contributed by atoms with Crippen molar-refractivity contribution in [2.45, 2.75) is 43.9 Å². The number of thioether (sulfide) groups is 1. The van der Waals surface area contributed by atoms with Gasteiger partial charge in [-0.15, -0.1) is 11.8 Å². The van der Waals surface area contributed by atoms with Gasteiger partial charge in [0.2, 0.25) is 11.8 Å². The number of carbonyl (C=O) groups excluding carboxylic acids is 3. The van der Waals surface area contributed by atoms with Crippen LogP contribution in [-0.4, -0.2) is 63.6 Å². The number of hydrogen-bond acceptors (Lipinski definition) is 6. The van der Waals surface area contributed by atoms with E-state index in [1.54, 1.807) is 20.8 Å². The topological polar surface area (TPSA) is 113 Å². The van der Waals surface area contributed by atoms with Crippen LogP contribution in [0.4, 0.5) is 0 Å². The van der Waals surface area contributed by atoms with Crippen molar-refractivity contribution in [2.24, 2.45) is 0 Å². The molecule has 1 aliphatic rings. The predicted molar refractivity (Wildman–Crippen MR) is 88.2 cm³/mol. The quantitative estimate of drug-likeness (QED) is 0.348. The zero-order chi connectivity index (χ0) is 18.4. The van der Waals surface area contributed by atoms with Crippen LogP contribution in [0.15, 0.2) is 12.2 Å². The SMILES string of the molecule is C=C(C)CC(=O)NC1C(=O)N(CC(=O)O)C1SC(C)C(=O)OCC. The fourth-order valence-electron chi connectivity index (χ4n) is 2.15. The van der Waals surface area contributed by atoms with Gasteiger partial charge in [0, 0.05) is 6.42 Å². The molecule has 2 N–H and O–H groups in total. The Labute approximate surface area is 144 Å². The van der Waals surface area contributed by atoms with E-state index in [4.69, 9.17) is 9.84 Å². The number of amides is 2. The lowest BCUT2D eigenvalue weighted by Crippen LogP contribution is -2.70. The molecule has 8 nitrogen and oxygen atoms in total. The Morgan fingerprint density at radius 3 is 2.58 bits per heavy atom. The fraction of sp³-hybridized carbons (Fsp3) is 0.600. The van der Waals surface area contributed by atoms with Gasteiger partial charge < -0.3 is 20.1 Å². The maximum absolute atomic E-state index is 12.1. The third-order valence-electron chi connectivity index (χ3n) is 3.19. The summed E-state index contributed by atoms with van der Waals surface area (Å²) in [7, 11) is 0. The van der Waals surface area contributed by atoms with E-state index in [1.807, 2.05) is 0 Å². The molecule has 24 heavy (non-hydrogen) atoms. The third-order valence-corrected chi connectivity index (χ3v) is 4.59. The Morgan fingerprint density at radius 1 is 1.46 bits per heavy atom. The maximum Gasteiger partial charge on any atom is 0.323 e. The number of nitrogens with one attached hydrogen (secondary N) is 1. The second kappa shape index (κ2) is 8.72. The van der Waals surface area contributed by atoms with Gasteiger partial charge in [-0.3, -0.25) is 19.2 Å². The highest BCUT2D eigenvalue weighted by molar-refractivity contribution is 8.01. The van der Waals surface area contributed by atoms with Crippen molar-refractivity contribution >= 4 is 35.5 Å². The molecule has 3 unspecified atom stereocenters. The summed E-state index contributed by atoms with van der Waals surface area (Å²) in [5.74, 6) is -2.47. The second-order valence-corrected chi connectivity index (χ2v) is 6.92. The van der Waals surface area contributed by atoms with Gasteiger partial charge in [0.05, 0.1) is 6.61 Å². The average molecular weight is 358 g/mol. The Bertz CT molecular complexity index is 550. The Kier molecular flexibility index (Phi) is 7.27. The lowest BCUT2D eigenvalue weighted by atomic mass is 10.1. The Balaban J connectivity index is 2.79. The summed E-state index contributed by atoms with van der Waals surface area (Å²) in [4.78, 5) is 47.7. The molecule has 1 aliphatic heterocycles. The van der Waals surface area contributed by atoms with E-state index in [-0.39, 0.29) is 18.9 Å². The lowest BCUT2D eigenvalue weighted by molar-refractivity contribution is -0.155. The fourth-order valence-corrected chi connectivity index (χ4v) is 3.41. The largest absolute Gasteiger partial charge is 0.480 e. The number of ether oxygens (including phenoxy) is 1. The lowest BCUT2D eigenvalue weighted by Gasteiger charge is -2.46. The van der Waals surface area contributed by atoms with E-state index >= 15 is 0 Å². The van der Waals surface area contributed by atoms with Gasteiger partial charge in [0.1, 0.15) is 23.2 Å². The van der Waals surface area contributed by atoms with Crippen molar-refractivity contribution in [3.8, 4) is 0 Å². The minimum absolute atomic E-state index is 0.0769. The van der Waals surface area contributed by atoms with Crippen LogP contribution in [0.5, 0.6) is 0 Å². The molecule has 0 aromatic rings. The number of likely N-dealkylation sites (tertiary alicyclic amines) is 1. The van der Waals surface area contributed by atoms with Gasteiger partial charge in [-0.05, 0) is 20.8 Å². The molecule has 0 aliphatic carbocycles. The van der Waals surface area contributed by atoms with Crippen molar-refractivity contribution in [3.05, 3.63) is 12.2 Å². The minimum atomic E-state index is -1.16. The van der Waals surface area contributed by atoms with E-state index in [0.29, 0.717) is 5.57 Å². The van der Waals surface area contributed by atoms with E-state index < -0.39 is 41.1 Å². The molecule has 2 amide bonds. The number of carboxylic acids is 1. The van der Waals surface area contributed by atoms with Gasteiger partial charge in [0.25, 0.3) is 0 Å². The van der Waals surface area contributed by atoms with Crippen molar-refractivity contribution in [1.82, 2.24) is 10.2 Å². The molecule has 1 saturated heterocycles. The molecule has 3 atom stereocenters. The number of esters is 1. The summed E-state index contributed by atoms with van der Waals surface area (Å²) in [6.45, 7) is 8.35. The molecule has 9 heteroatoms. The van der Waals surface area contributed by atoms with Crippen LogP contribution in [0.2, 0.25) is 0 Å². The highest BCUT2D eigenvalue weighted by atomic mass is 32.2. The van der Waals surface area contributed by atoms with Crippen LogP contribution < -0.4 is 5.32 Å². The summed E-state index contributed by atoms with van der Waals surface area (Å²) in [5, 5.41) is 10.2. The first-order valence-electron chi connectivity index (χ1n) is 7.45. The third kappa shape index (κ3) is 5.26. The van der Waals surface area contributed by atoms with Crippen LogP contribution in [0.25, 0.3) is 0 Å². The number of carboxylic acid groups (broad SMARTS) is 1. The highest BCUT2D eigenvalue weighted by Gasteiger charge is 2.50. The molecule has 0 aromatic heterocycles. The number of rotatable bonds is 9. The van der Waals surface area contributed by atoms with Gasteiger partial charge in [-0.1, -0.05) is 12.2 Å². The van der Waals surface area contributed by atoms with Crippen LogP contribution in [0, 0.1) is 0 Å². The predicted octanol–water partition coefficient (Wildman–Crippen LogP) is 0.375. The van der Waals surface area contributed by atoms with Gasteiger partial charge >= 0.3 is 11.9 Å². The van der Waals surface area contributed by atoms with Crippen LogP contribution in [-0.2, 0) is 23.9 Å². The number of hydrogen-bond donors (Lipinski definition) is 2. The second-order valence-electron chi connectivity index (χ2n) is 5.46. The van der Waals surface area contributed by atoms with Crippen molar-refractivity contribution < 1.29 is 29.0 Å². The zero-order valence-corrected chi connectivity index (χ0v) is 14.7. The number of β-lactam (4-membered cyclic amide) rings is 1. The molecule has 1 fully saturated rings. The van der Waals surface area contributed by atoms with Gasteiger partial charge in [-0.25, -0.2) is 0 Å². The normalized spacial score (nSPS) is 20.8. The molecule has 1 heterocycles. The smallest absolute Gasteiger partial charge is 0.323 e. The highest BCUT2D eigenvalue weighted by Crippen LogP contribution is 2.33. The first kappa shape index (κ1) is 20.0. The summed E-state index contributed by atoms with van der Waals surface area (Å²) in [5.41, 5.74) is 0.644. The van der Waals surface area contributed by atoms with Crippen molar-refractivity contribution in [3.63, 3.8) is 0 Å². The number of carbonyl (C=O) groups is 4. The van der Waals surface area contributed by atoms with Crippen LogP contribution in [0.1, 0.15) is 27.2 Å². The van der Waals surface area contributed by atoms with Gasteiger partial charge in [-0.2, -0.15) is 0 Å². The molecule has 0 bridgehead atoms. The number of aliphatic carboxylic acids is 1. The average Bonchev–Trinajstić information content (AvgIpc) is 2.48. The van der Waals surface area contributed by atoms with Crippen molar-refractivity contribution in [1.29, 1.82) is 0 Å². The molecular weight excluding hydrogens is 336 g/mol. The van der Waals surface area contributed by atoms with Crippen LogP contribution in [0.3, 0.4) is 0 Å². The Morgan fingerprint density at radius 2 is 2.08 bits per heavy atom. The molecule has 0 radical (unpaired) electrons. The molecule has 0 spiro atoms. The first-order chi connectivity index (χ1) is 11.2. The minimum Gasteiger partial charge on any atom is -0.480 e. The Hall–Kier alpha value is -2.03. The maximum atomic E-state index is 12.1. The zero-order valence-electron chi connectivity index (χ0n) is 13.9. The number of nitrogens with zero attached hydrogens (tertiary/aromatic N) is 1. The van der Waals surface area contributed by atoms with Gasteiger partial charge in [0.15, 0.2) is 0 Å². The van der Waals surface area contributed by atoms with E-state index in [1.165, 1.54) is 0 Å². The molecular formula is C15H22N2O6S. The standard InChI is InChI=1S/C15H22N2O6S/c1-5-23-15(22)9(4)24-14-12(16-10(18)6-8(2)3)13(21)17(14)7-11(19)20/h9,12,14H,2,5-7H2,1,3-4H3,(H,16,18)(H,19,20). The van der Waals surface area contributed by atoms with E-state index in [0.717, 1.165) is 16.7 Å². The molecule has 134 valence electrons. The molecule has 0 saturated carbocycles. The first-order valence-corrected chi connectivity index (χ1v) is 8.39.